The van der Waals surface area contributed by atoms with Crippen molar-refractivity contribution in [1.82, 2.24) is 4.90 Å². The van der Waals surface area contributed by atoms with E-state index in [0.29, 0.717) is 38.8 Å². The number of benzene rings is 1. The van der Waals surface area contributed by atoms with Crippen molar-refractivity contribution >= 4 is 81.5 Å². The van der Waals surface area contributed by atoms with Crippen LogP contribution in [0.25, 0.3) is 5.57 Å². The largest absolute Gasteiger partial charge is 0.465 e. The fourth-order valence-corrected chi connectivity index (χ4v) is 9.15. The number of ether oxygens (including phenoxy) is 2. The zero-order valence-electron chi connectivity index (χ0n) is 24.3. The highest BCUT2D eigenvalue weighted by Gasteiger charge is 2.51. The molecular weight excluding hydrogens is 597 g/mol. The van der Waals surface area contributed by atoms with Gasteiger partial charge in [-0.1, -0.05) is 48.6 Å². The summed E-state index contributed by atoms with van der Waals surface area (Å²) in [6.45, 7) is 7.16. The van der Waals surface area contributed by atoms with Gasteiger partial charge in [-0.2, -0.15) is 0 Å². The predicted octanol–water partition coefficient (Wildman–Crippen LogP) is 4.68. The first-order valence-corrected chi connectivity index (χ1v) is 15.7. The average molecular weight is 629 g/mol. The number of carbonyl (C=O) groups excluding carboxylic acids is 5. The van der Waals surface area contributed by atoms with Crippen molar-refractivity contribution in [2.75, 3.05) is 25.7 Å². The number of thioether (sulfide) groups is 2. The maximum Gasteiger partial charge on any atom is 0.346 e. The molecule has 12 heteroatoms. The number of nitrogens with zero attached hydrogens (tertiary/aromatic N) is 2. The van der Waals surface area contributed by atoms with Gasteiger partial charge in [0, 0.05) is 11.1 Å². The molecule has 2 fully saturated rings. The minimum Gasteiger partial charge on any atom is -0.465 e. The third kappa shape index (κ3) is 4.81. The van der Waals surface area contributed by atoms with Crippen LogP contribution >= 0.6 is 35.7 Å². The van der Waals surface area contributed by atoms with Crippen LogP contribution in [0.4, 0.5) is 5.69 Å². The number of likely N-dealkylation sites (tertiary alicyclic amines) is 1. The predicted molar refractivity (Wildman–Crippen MR) is 165 cm³/mol. The number of fused-ring (bicyclic) bond motifs is 2. The van der Waals surface area contributed by atoms with Gasteiger partial charge in [0.05, 0.1) is 46.4 Å². The molecule has 1 saturated carbocycles. The van der Waals surface area contributed by atoms with Crippen molar-refractivity contribution in [1.29, 1.82) is 0 Å². The summed E-state index contributed by atoms with van der Waals surface area (Å²) >= 11 is 8.22. The fourth-order valence-electron chi connectivity index (χ4n) is 6.11. The number of anilines is 1. The number of thiocarbonyl (C=S) groups is 1. The molecule has 0 N–H and O–H groups in total. The van der Waals surface area contributed by atoms with Crippen molar-refractivity contribution in [2.45, 2.75) is 58.9 Å². The quantitative estimate of drug-likeness (QED) is 0.202. The molecule has 1 saturated heterocycles. The standard InChI is InChI=1S/C30H32N2O7S3/c1-14-11-18-19(12-15(14)2)32(20(33)13-31-25(34)16-9-7-8-10-17(16)26(31)35)30(3,4)24(40)21(18)29-41-22(27(36)38-5)23(42-29)28(37)39-6/h11-12,16-17H,7-10,13H2,1-6H3/t16-,17-/m1/s1. The third-order valence-corrected chi connectivity index (χ3v) is 11.7. The van der Waals surface area contributed by atoms with E-state index in [1.807, 2.05) is 39.8 Å². The Labute approximate surface area is 258 Å². The number of esters is 2. The summed E-state index contributed by atoms with van der Waals surface area (Å²) < 4.78 is 10.4. The second-order valence-corrected chi connectivity index (χ2v) is 14.0. The normalized spacial score (nSPS) is 23.3. The van der Waals surface area contributed by atoms with Crippen molar-refractivity contribution in [3.8, 4) is 0 Å². The molecule has 0 radical (unpaired) electrons. The molecule has 1 aliphatic carbocycles. The van der Waals surface area contributed by atoms with E-state index in [0.717, 1.165) is 52.4 Å². The molecule has 3 heterocycles. The maximum absolute atomic E-state index is 14.1. The van der Waals surface area contributed by atoms with E-state index < -0.39 is 23.4 Å². The minimum absolute atomic E-state index is 0.105. The van der Waals surface area contributed by atoms with Gasteiger partial charge >= 0.3 is 11.9 Å². The van der Waals surface area contributed by atoms with E-state index >= 15 is 0 Å². The Kier molecular flexibility index (Phi) is 8.19. The van der Waals surface area contributed by atoms with Crippen LogP contribution in [-0.4, -0.2) is 65.7 Å². The topological polar surface area (TPSA) is 110 Å². The molecule has 9 nitrogen and oxygen atoms in total. The number of imide groups is 1. The first kappa shape index (κ1) is 30.5. The van der Waals surface area contributed by atoms with Gasteiger partial charge in [0.1, 0.15) is 16.4 Å². The fraction of sp³-hybridized carbons (Fsp3) is 0.467. The average Bonchev–Trinajstić information content (AvgIpc) is 3.50. The van der Waals surface area contributed by atoms with Gasteiger partial charge in [-0.05, 0) is 63.8 Å². The second kappa shape index (κ2) is 11.3. The molecule has 1 aromatic carbocycles. The molecule has 0 unspecified atom stereocenters. The third-order valence-electron chi connectivity index (χ3n) is 8.48. The maximum atomic E-state index is 14.1. The Hall–Kier alpha value is -2.96. The molecule has 2 atom stereocenters. The van der Waals surface area contributed by atoms with Crippen molar-refractivity contribution < 1.29 is 33.4 Å². The minimum atomic E-state index is -1.05. The van der Waals surface area contributed by atoms with Gasteiger partial charge < -0.3 is 9.47 Å². The second-order valence-electron chi connectivity index (χ2n) is 11.3. The van der Waals surface area contributed by atoms with E-state index in [1.165, 1.54) is 14.2 Å². The SMILES string of the molecule is COC(=O)C1=C(C(=O)OC)SC(=C2C(=S)C(C)(C)N(C(=O)CN3C(=O)[C@@H]4CCCC[C@H]4C3=O)c3cc(C)c(C)cc32)S1. The number of rotatable bonds is 4. The molecule has 0 spiro atoms. The Morgan fingerprint density at radius 2 is 1.43 bits per heavy atom. The molecule has 42 heavy (non-hydrogen) atoms. The van der Waals surface area contributed by atoms with Crippen LogP contribution in [0.3, 0.4) is 0 Å². The zero-order chi connectivity index (χ0) is 30.7. The molecule has 222 valence electrons. The number of carbonyl (C=O) groups is 5. The summed E-state index contributed by atoms with van der Waals surface area (Å²) in [5, 5.41) is 0. The Bertz CT molecular complexity index is 1470. The smallest absolute Gasteiger partial charge is 0.346 e. The number of hydrogen-bond donors (Lipinski definition) is 0. The van der Waals surface area contributed by atoms with Gasteiger partial charge in [0.15, 0.2) is 0 Å². The molecule has 5 rings (SSSR count). The first-order chi connectivity index (χ1) is 19.8. The lowest BCUT2D eigenvalue weighted by atomic mass is 9.81. The zero-order valence-corrected chi connectivity index (χ0v) is 26.8. The van der Waals surface area contributed by atoms with Crippen LogP contribution < -0.4 is 4.90 Å². The molecule has 0 bridgehead atoms. The lowest BCUT2D eigenvalue weighted by Gasteiger charge is -2.46. The highest BCUT2D eigenvalue weighted by Crippen LogP contribution is 2.56. The van der Waals surface area contributed by atoms with Crippen LogP contribution in [-0.2, 0) is 33.4 Å². The Balaban J connectivity index is 1.59. The lowest BCUT2D eigenvalue weighted by Crippen LogP contribution is -2.58. The van der Waals surface area contributed by atoms with Gasteiger partial charge in [-0.25, -0.2) is 9.59 Å². The van der Waals surface area contributed by atoms with Gasteiger partial charge in [0.25, 0.3) is 0 Å². The van der Waals surface area contributed by atoms with Crippen LogP contribution in [0.15, 0.2) is 26.2 Å². The summed E-state index contributed by atoms with van der Waals surface area (Å²) in [5.74, 6) is -2.97. The summed E-state index contributed by atoms with van der Waals surface area (Å²) in [4.78, 5) is 69.1. The van der Waals surface area contributed by atoms with E-state index in [9.17, 15) is 24.0 Å². The van der Waals surface area contributed by atoms with Crippen LogP contribution in [0.5, 0.6) is 0 Å². The Morgan fingerprint density at radius 3 is 1.93 bits per heavy atom. The molecular formula is C30H32N2O7S3. The monoisotopic (exact) mass is 628 g/mol. The molecule has 4 aliphatic rings. The molecule has 0 aromatic heterocycles. The number of amides is 3. The summed E-state index contributed by atoms with van der Waals surface area (Å²) in [5.41, 5.74) is 2.71. The van der Waals surface area contributed by atoms with Crippen LogP contribution in [0, 0.1) is 25.7 Å². The number of aryl methyl sites for hydroxylation is 2. The molecule has 3 aliphatic heterocycles. The van der Waals surface area contributed by atoms with E-state index in [2.05, 4.69) is 0 Å². The van der Waals surface area contributed by atoms with Crippen molar-refractivity contribution in [3.63, 3.8) is 0 Å². The van der Waals surface area contributed by atoms with E-state index in [4.69, 9.17) is 21.7 Å². The lowest BCUT2D eigenvalue weighted by molar-refractivity contribution is -0.143. The first-order valence-electron chi connectivity index (χ1n) is 13.7. The molecule has 1 aromatic rings. The van der Waals surface area contributed by atoms with E-state index in [1.54, 1.807) is 4.90 Å². The van der Waals surface area contributed by atoms with Gasteiger partial charge in [-0.15, -0.1) is 0 Å². The van der Waals surface area contributed by atoms with E-state index in [-0.39, 0.29) is 40.0 Å². The highest BCUT2D eigenvalue weighted by atomic mass is 32.2. The highest BCUT2D eigenvalue weighted by molar-refractivity contribution is 8.29. The number of methoxy groups -OCH3 is 2. The summed E-state index contributed by atoms with van der Waals surface area (Å²) in [6.07, 6.45) is 3.14. The van der Waals surface area contributed by atoms with Crippen LogP contribution in [0.1, 0.15) is 56.2 Å². The summed E-state index contributed by atoms with van der Waals surface area (Å²) in [6, 6.07) is 3.84. The van der Waals surface area contributed by atoms with Crippen LogP contribution in [0.2, 0.25) is 0 Å². The number of hydrogen-bond acceptors (Lipinski definition) is 10. The van der Waals surface area contributed by atoms with Gasteiger partial charge in [0.2, 0.25) is 17.7 Å². The van der Waals surface area contributed by atoms with Crippen molar-refractivity contribution in [2.24, 2.45) is 11.8 Å². The van der Waals surface area contributed by atoms with Crippen molar-refractivity contribution in [3.05, 3.63) is 42.9 Å². The molecule has 3 amide bonds. The summed E-state index contributed by atoms with van der Waals surface area (Å²) in [7, 11) is 2.48. The van der Waals surface area contributed by atoms with Gasteiger partial charge in [-0.3, -0.25) is 24.2 Å². The Morgan fingerprint density at radius 1 is 0.929 bits per heavy atom.